The molecule has 0 unspecified atom stereocenters. The summed E-state index contributed by atoms with van der Waals surface area (Å²) in [5.74, 6) is 0.757. The first-order valence-corrected chi connectivity index (χ1v) is 5.28. The van der Waals surface area contributed by atoms with Crippen LogP contribution in [0.25, 0.3) is 0 Å². The average Bonchev–Trinajstić information content (AvgIpc) is 2.19. The summed E-state index contributed by atoms with van der Waals surface area (Å²) in [6.07, 6.45) is 0.770. The van der Waals surface area contributed by atoms with Gasteiger partial charge in [0.25, 0.3) is 0 Å². The fraction of sp³-hybridized carbons (Fsp3) is 0.545. The Hall–Kier alpha value is -1.65. The van der Waals surface area contributed by atoms with Gasteiger partial charge in [-0.15, -0.1) is 0 Å². The number of hydrogen-bond acceptors (Lipinski definition) is 4. The van der Waals surface area contributed by atoms with Crippen molar-refractivity contribution < 1.29 is 9.90 Å². The highest BCUT2D eigenvalue weighted by atomic mass is 16.4. The summed E-state index contributed by atoms with van der Waals surface area (Å²) >= 11 is 0. The molecule has 1 rings (SSSR count). The van der Waals surface area contributed by atoms with E-state index < -0.39 is 5.97 Å². The van der Waals surface area contributed by atoms with Crippen LogP contribution in [0.4, 0.5) is 5.82 Å². The molecule has 1 aromatic rings. The van der Waals surface area contributed by atoms with Crippen LogP contribution in [-0.2, 0) is 4.79 Å². The SMILES string of the molecule is Cc1nc(C)c(C)c(NCCCC(=O)O)n1. The largest absolute Gasteiger partial charge is 0.481 e. The lowest BCUT2D eigenvalue weighted by molar-refractivity contribution is -0.137. The highest BCUT2D eigenvalue weighted by Gasteiger charge is 2.05. The van der Waals surface area contributed by atoms with Crippen molar-refractivity contribution in [1.29, 1.82) is 0 Å². The Morgan fingerprint density at radius 3 is 2.62 bits per heavy atom. The Balaban J connectivity index is 2.57. The summed E-state index contributed by atoms with van der Waals surface area (Å²) in [5.41, 5.74) is 1.97. The molecule has 0 radical (unpaired) electrons. The Kier molecular flexibility index (Phi) is 4.22. The molecule has 1 aromatic heterocycles. The Morgan fingerprint density at radius 2 is 2.00 bits per heavy atom. The van der Waals surface area contributed by atoms with Gasteiger partial charge in [0, 0.05) is 24.2 Å². The Labute approximate surface area is 94.9 Å². The third-order valence-electron chi connectivity index (χ3n) is 2.36. The lowest BCUT2D eigenvalue weighted by atomic mass is 10.2. The van der Waals surface area contributed by atoms with E-state index in [9.17, 15) is 4.79 Å². The number of aromatic nitrogens is 2. The normalized spacial score (nSPS) is 10.2. The molecule has 0 aliphatic heterocycles. The molecule has 2 N–H and O–H groups in total. The number of nitrogens with one attached hydrogen (secondary N) is 1. The highest BCUT2D eigenvalue weighted by Crippen LogP contribution is 2.14. The van der Waals surface area contributed by atoms with Gasteiger partial charge in [0.15, 0.2) is 0 Å². The predicted octanol–water partition coefficient (Wildman–Crippen LogP) is 1.68. The second kappa shape index (κ2) is 5.44. The van der Waals surface area contributed by atoms with Crippen molar-refractivity contribution in [2.45, 2.75) is 33.6 Å². The molecule has 0 atom stereocenters. The van der Waals surface area contributed by atoms with Gasteiger partial charge in [-0.05, 0) is 27.2 Å². The van der Waals surface area contributed by atoms with Crippen LogP contribution in [0.5, 0.6) is 0 Å². The highest BCUT2D eigenvalue weighted by molar-refractivity contribution is 5.66. The summed E-state index contributed by atoms with van der Waals surface area (Å²) < 4.78 is 0. The predicted molar refractivity (Wildman–Crippen MR) is 61.6 cm³/mol. The van der Waals surface area contributed by atoms with Crippen LogP contribution in [0.2, 0.25) is 0 Å². The van der Waals surface area contributed by atoms with E-state index in [1.165, 1.54) is 0 Å². The fourth-order valence-corrected chi connectivity index (χ4v) is 1.39. The van der Waals surface area contributed by atoms with E-state index in [1.807, 2.05) is 20.8 Å². The van der Waals surface area contributed by atoms with Gasteiger partial charge in [-0.25, -0.2) is 9.97 Å². The van der Waals surface area contributed by atoms with E-state index in [4.69, 9.17) is 5.11 Å². The minimum absolute atomic E-state index is 0.176. The summed E-state index contributed by atoms with van der Waals surface area (Å²) in [7, 11) is 0. The summed E-state index contributed by atoms with van der Waals surface area (Å²) in [6.45, 7) is 6.35. The minimum Gasteiger partial charge on any atom is -0.481 e. The molecule has 0 aliphatic rings. The number of anilines is 1. The zero-order valence-corrected chi connectivity index (χ0v) is 9.87. The number of aliphatic carboxylic acids is 1. The summed E-state index contributed by atoms with van der Waals surface area (Å²) in [4.78, 5) is 18.9. The Morgan fingerprint density at radius 1 is 1.31 bits per heavy atom. The standard InChI is InChI=1S/C11H17N3O2/c1-7-8(2)13-9(3)14-11(7)12-6-4-5-10(15)16/h4-6H2,1-3H3,(H,15,16)(H,12,13,14). The zero-order valence-electron chi connectivity index (χ0n) is 9.87. The van der Waals surface area contributed by atoms with Crippen molar-refractivity contribution in [3.63, 3.8) is 0 Å². The molecule has 5 heteroatoms. The molecule has 0 spiro atoms. The summed E-state index contributed by atoms with van der Waals surface area (Å²) in [5, 5.41) is 11.6. The van der Waals surface area contributed by atoms with Crippen LogP contribution >= 0.6 is 0 Å². The second-order valence-corrected chi connectivity index (χ2v) is 3.75. The minimum atomic E-state index is -0.770. The van der Waals surface area contributed by atoms with Gasteiger partial charge in [0.2, 0.25) is 0 Å². The number of nitrogens with zero attached hydrogens (tertiary/aromatic N) is 2. The summed E-state index contributed by atoms with van der Waals surface area (Å²) in [6, 6.07) is 0. The molecule has 0 aromatic carbocycles. The van der Waals surface area contributed by atoms with Crippen LogP contribution in [-0.4, -0.2) is 27.6 Å². The third-order valence-corrected chi connectivity index (χ3v) is 2.36. The molecule has 0 bridgehead atoms. The van der Waals surface area contributed by atoms with Crippen LogP contribution in [0.3, 0.4) is 0 Å². The molecule has 0 amide bonds. The zero-order chi connectivity index (χ0) is 12.1. The van der Waals surface area contributed by atoms with Crippen LogP contribution in [0, 0.1) is 20.8 Å². The van der Waals surface area contributed by atoms with Crippen molar-refractivity contribution in [2.75, 3.05) is 11.9 Å². The van der Waals surface area contributed by atoms with Gasteiger partial charge in [0.05, 0.1) is 0 Å². The van der Waals surface area contributed by atoms with Gasteiger partial charge in [-0.1, -0.05) is 0 Å². The number of carboxylic acids is 1. The molecular formula is C11H17N3O2. The molecule has 1 heterocycles. The number of carbonyl (C=O) groups is 1. The van der Waals surface area contributed by atoms with E-state index in [2.05, 4.69) is 15.3 Å². The van der Waals surface area contributed by atoms with Crippen molar-refractivity contribution in [3.8, 4) is 0 Å². The molecule has 0 saturated carbocycles. The number of hydrogen-bond donors (Lipinski definition) is 2. The first kappa shape index (κ1) is 12.4. The van der Waals surface area contributed by atoms with Crippen molar-refractivity contribution in [2.24, 2.45) is 0 Å². The first-order valence-electron chi connectivity index (χ1n) is 5.28. The van der Waals surface area contributed by atoms with Crippen molar-refractivity contribution >= 4 is 11.8 Å². The van der Waals surface area contributed by atoms with E-state index in [0.717, 1.165) is 22.9 Å². The molecule has 5 nitrogen and oxygen atoms in total. The van der Waals surface area contributed by atoms with Crippen LogP contribution in [0.1, 0.15) is 29.9 Å². The monoisotopic (exact) mass is 223 g/mol. The van der Waals surface area contributed by atoms with Crippen LogP contribution < -0.4 is 5.32 Å². The van der Waals surface area contributed by atoms with E-state index in [0.29, 0.717) is 13.0 Å². The van der Waals surface area contributed by atoms with E-state index in [-0.39, 0.29) is 6.42 Å². The number of rotatable bonds is 5. The van der Waals surface area contributed by atoms with Gasteiger partial charge >= 0.3 is 5.97 Å². The van der Waals surface area contributed by atoms with Gasteiger partial charge in [-0.2, -0.15) is 0 Å². The molecule has 0 saturated heterocycles. The molecular weight excluding hydrogens is 206 g/mol. The van der Waals surface area contributed by atoms with Crippen molar-refractivity contribution in [3.05, 3.63) is 17.1 Å². The Bertz CT molecular complexity index is 391. The smallest absolute Gasteiger partial charge is 0.303 e. The topological polar surface area (TPSA) is 75.1 Å². The maximum atomic E-state index is 10.3. The first-order chi connectivity index (χ1) is 7.50. The number of aryl methyl sites for hydroxylation is 2. The second-order valence-electron chi connectivity index (χ2n) is 3.75. The molecule has 88 valence electrons. The van der Waals surface area contributed by atoms with Gasteiger partial charge in [-0.3, -0.25) is 4.79 Å². The quantitative estimate of drug-likeness (QED) is 0.743. The lowest BCUT2D eigenvalue weighted by Gasteiger charge is -2.10. The molecule has 16 heavy (non-hydrogen) atoms. The lowest BCUT2D eigenvalue weighted by Crippen LogP contribution is -2.09. The molecule has 0 aliphatic carbocycles. The van der Waals surface area contributed by atoms with Crippen LogP contribution in [0.15, 0.2) is 0 Å². The van der Waals surface area contributed by atoms with Gasteiger partial charge < -0.3 is 10.4 Å². The van der Waals surface area contributed by atoms with Gasteiger partial charge in [0.1, 0.15) is 11.6 Å². The molecule has 0 fully saturated rings. The fourth-order valence-electron chi connectivity index (χ4n) is 1.39. The van der Waals surface area contributed by atoms with Crippen molar-refractivity contribution in [1.82, 2.24) is 9.97 Å². The van der Waals surface area contributed by atoms with E-state index >= 15 is 0 Å². The van der Waals surface area contributed by atoms with E-state index in [1.54, 1.807) is 0 Å². The third kappa shape index (κ3) is 3.49. The maximum Gasteiger partial charge on any atom is 0.303 e. The number of carboxylic acid groups (broad SMARTS) is 1. The average molecular weight is 223 g/mol. The maximum absolute atomic E-state index is 10.3.